The fourth-order valence-corrected chi connectivity index (χ4v) is 5.62. The summed E-state index contributed by atoms with van der Waals surface area (Å²) in [5.74, 6) is 0.0643. The number of piperazine rings is 2. The zero-order chi connectivity index (χ0) is 22.5. The highest BCUT2D eigenvalue weighted by molar-refractivity contribution is 5.84. The molecule has 4 saturated heterocycles. The molecule has 0 spiro atoms. The van der Waals surface area contributed by atoms with Crippen molar-refractivity contribution in [1.82, 2.24) is 30.7 Å². The number of fused-ring (bicyclic) bond motifs is 1. The molecule has 0 bridgehead atoms. The Bertz CT molecular complexity index is 677. The number of rotatable bonds is 7. The summed E-state index contributed by atoms with van der Waals surface area (Å²) >= 11 is 0. The number of nitrogens with one attached hydrogen (secondary N) is 3. The van der Waals surface area contributed by atoms with E-state index in [2.05, 4.69) is 25.8 Å². The Hall–Kier alpha value is -1.75. The molecule has 10 heteroatoms. The number of hydrogen-bond donors (Lipinski definition) is 3. The Morgan fingerprint density at radius 1 is 1.19 bits per heavy atom. The summed E-state index contributed by atoms with van der Waals surface area (Å²) in [6.45, 7) is 5.75. The molecule has 10 nitrogen and oxygen atoms in total. The SMILES string of the molecule is COCC(=O)N[C@@H]1C[C@H]2C(=O)NC[C@@H](CCC(=O)N3CCN(C4CCCCN4)CC3)N2C1. The van der Waals surface area contributed by atoms with Crippen molar-refractivity contribution in [3.63, 3.8) is 0 Å². The highest BCUT2D eigenvalue weighted by Crippen LogP contribution is 2.26. The van der Waals surface area contributed by atoms with Crippen molar-refractivity contribution in [1.29, 1.82) is 0 Å². The molecule has 0 aliphatic carbocycles. The molecule has 3 N–H and O–H groups in total. The molecule has 4 aliphatic rings. The minimum Gasteiger partial charge on any atom is -0.375 e. The number of ether oxygens (including phenoxy) is 1. The molecular formula is C22H38N6O4. The lowest BCUT2D eigenvalue weighted by atomic mass is 10.0. The highest BCUT2D eigenvalue weighted by atomic mass is 16.5. The first-order valence-electron chi connectivity index (χ1n) is 12.1. The summed E-state index contributed by atoms with van der Waals surface area (Å²) in [6, 6.07) is -0.173. The van der Waals surface area contributed by atoms with Crippen LogP contribution in [0, 0.1) is 0 Å². The maximum atomic E-state index is 12.9. The standard InChI is InChI=1S/C22H38N6O4/c1-32-15-20(29)25-16-12-18-22(31)24-13-17(28(18)14-16)5-6-21(30)27-10-8-26(9-11-27)19-4-2-3-7-23-19/h16-19,23H,2-15H2,1H3,(H,24,31)(H,25,29)/t16-,17-,18+,19?/m1/s1. The second-order valence-corrected chi connectivity index (χ2v) is 9.47. The summed E-state index contributed by atoms with van der Waals surface area (Å²) < 4.78 is 4.88. The summed E-state index contributed by atoms with van der Waals surface area (Å²) in [5.41, 5.74) is 0. The maximum Gasteiger partial charge on any atom is 0.246 e. The van der Waals surface area contributed by atoms with Gasteiger partial charge < -0.3 is 25.6 Å². The Labute approximate surface area is 190 Å². The second-order valence-electron chi connectivity index (χ2n) is 9.47. The normalized spacial score (nSPS) is 31.8. The number of hydrogen-bond acceptors (Lipinski definition) is 7. The number of carbonyl (C=O) groups is 3. The summed E-state index contributed by atoms with van der Waals surface area (Å²) in [6.07, 6.45) is 6.02. The molecular weight excluding hydrogens is 412 g/mol. The van der Waals surface area contributed by atoms with Crippen LogP contribution in [0.2, 0.25) is 0 Å². The number of piperidine rings is 1. The van der Waals surface area contributed by atoms with Gasteiger partial charge in [0.05, 0.1) is 12.2 Å². The Balaban J connectivity index is 1.23. The lowest BCUT2D eigenvalue weighted by molar-refractivity contribution is -0.134. The van der Waals surface area contributed by atoms with Crippen molar-refractivity contribution in [2.45, 2.75) is 62.8 Å². The smallest absolute Gasteiger partial charge is 0.246 e. The van der Waals surface area contributed by atoms with Crippen LogP contribution in [0.1, 0.15) is 38.5 Å². The Morgan fingerprint density at radius 2 is 2.00 bits per heavy atom. The van der Waals surface area contributed by atoms with Crippen molar-refractivity contribution in [2.75, 3.05) is 59.5 Å². The molecule has 0 radical (unpaired) electrons. The molecule has 4 heterocycles. The van der Waals surface area contributed by atoms with Gasteiger partial charge in [-0.25, -0.2) is 0 Å². The van der Waals surface area contributed by atoms with E-state index in [1.807, 2.05) is 4.90 Å². The summed E-state index contributed by atoms with van der Waals surface area (Å²) in [5, 5.41) is 9.54. The fourth-order valence-electron chi connectivity index (χ4n) is 5.62. The molecule has 1 unspecified atom stereocenters. The van der Waals surface area contributed by atoms with Gasteiger partial charge in [0.25, 0.3) is 0 Å². The zero-order valence-electron chi connectivity index (χ0n) is 19.2. The maximum absolute atomic E-state index is 12.9. The molecule has 3 amide bonds. The van der Waals surface area contributed by atoms with E-state index in [0.717, 1.165) is 39.1 Å². The van der Waals surface area contributed by atoms with Crippen LogP contribution < -0.4 is 16.0 Å². The van der Waals surface area contributed by atoms with Crippen molar-refractivity contribution >= 4 is 17.7 Å². The average Bonchev–Trinajstić information content (AvgIpc) is 3.24. The van der Waals surface area contributed by atoms with Crippen LogP contribution in [0.4, 0.5) is 0 Å². The van der Waals surface area contributed by atoms with Gasteiger partial charge in [-0.15, -0.1) is 0 Å². The molecule has 4 rings (SSSR count). The number of carbonyl (C=O) groups excluding carboxylic acids is 3. The number of nitrogens with zero attached hydrogens (tertiary/aromatic N) is 3. The third kappa shape index (κ3) is 5.59. The number of amides is 3. The quantitative estimate of drug-likeness (QED) is 0.443. The minimum absolute atomic E-state index is 0.0171. The monoisotopic (exact) mass is 450 g/mol. The first kappa shape index (κ1) is 23.4. The van der Waals surface area contributed by atoms with E-state index >= 15 is 0 Å². The van der Waals surface area contributed by atoms with E-state index in [-0.39, 0.29) is 42.5 Å². The first-order chi connectivity index (χ1) is 15.5. The van der Waals surface area contributed by atoms with E-state index in [4.69, 9.17) is 4.74 Å². The van der Waals surface area contributed by atoms with Crippen molar-refractivity contribution in [3.8, 4) is 0 Å². The van der Waals surface area contributed by atoms with E-state index in [1.54, 1.807) is 0 Å². The molecule has 4 atom stereocenters. The number of methoxy groups -OCH3 is 1. The third-order valence-corrected chi connectivity index (χ3v) is 7.35. The Kier molecular flexibility index (Phi) is 7.98. The molecule has 32 heavy (non-hydrogen) atoms. The molecule has 0 aromatic carbocycles. The molecule has 0 saturated carbocycles. The van der Waals surface area contributed by atoms with E-state index < -0.39 is 0 Å². The van der Waals surface area contributed by atoms with Gasteiger partial charge in [0.2, 0.25) is 17.7 Å². The van der Waals surface area contributed by atoms with E-state index in [1.165, 1.54) is 26.4 Å². The molecule has 4 aliphatic heterocycles. The first-order valence-corrected chi connectivity index (χ1v) is 12.1. The predicted molar refractivity (Wildman–Crippen MR) is 119 cm³/mol. The molecule has 4 fully saturated rings. The van der Waals surface area contributed by atoms with Gasteiger partial charge in [-0.2, -0.15) is 0 Å². The van der Waals surface area contributed by atoms with Gasteiger partial charge in [0.1, 0.15) is 6.61 Å². The fraction of sp³-hybridized carbons (Fsp3) is 0.864. The van der Waals surface area contributed by atoms with Gasteiger partial charge in [-0.3, -0.25) is 24.2 Å². The van der Waals surface area contributed by atoms with Crippen LogP contribution in [0.3, 0.4) is 0 Å². The molecule has 0 aromatic heterocycles. The van der Waals surface area contributed by atoms with Crippen molar-refractivity contribution < 1.29 is 19.1 Å². The van der Waals surface area contributed by atoms with Crippen LogP contribution in [0.25, 0.3) is 0 Å². The van der Waals surface area contributed by atoms with Crippen molar-refractivity contribution in [3.05, 3.63) is 0 Å². The lowest BCUT2D eigenvalue weighted by Gasteiger charge is -2.41. The minimum atomic E-state index is -0.233. The summed E-state index contributed by atoms with van der Waals surface area (Å²) in [4.78, 5) is 43.7. The van der Waals surface area contributed by atoms with E-state index in [9.17, 15) is 14.4 Å². The van der Waals surface area contributed by atoms with Crippen LogP contribution in [0.5, 0.6) is 0 Å². The lowest BCUT2D eigenvalue weighted by Crippen LogP contribution is -2.58. The van der Waals surface area contributed by atoms with Gasteiger partial charge in [-0.05, 0) is 38.6 Å². The van der Waals surface area contributed by atoms with Gasteiger partial charge in [0, 0.05) is 64.9 Å². The third-order valence-electron chi connectivity index (χ3n) is 7.35. The van der Waals surface area contributed by atoms with E-state index in [0.29, 0.717) is 32.1 Å². The van der Waals surface area contributed by atoms with Crippen LogP contribution >= 0.6 is 0 Å². The molecule has 180 valence electrons. The van der Waals surface area contributed by atoms with Gasteiger partial charge in [0.15, 0.2) is 0 Å². The predicted octanol–water partition coefficient (Wildman–Crippen LogP) is -1.29. The topological polar surface area (TPSA) is 106 Å². The van der Waals surface area contributed by atoms with Crippen LogP contribution in [-0.4, -0.2) is 116 Å². The average molecular weight is 451 g/mol. The second kappa shape index (κ2) is 10.9. The van der Waals surface area contributed by atoms with Crippen LogP contribution in [-0.2, 0) is 19.1 Å². The highest BCUT2D eigenvalue weighted by Gasteiger charge is 2.43. The Morgan fingerprint density at radius 3 is 2.72 bits per heavy atom. The van der Waals surface area contributed by atoms with Crippen LogP contribution in [0.15, 0.2) is 0 Å². The van der Waals surface area contributed by atoms with Crippen molar-refractivity contribution in [2.24, 2.45) is 0 Å². The molecule has 0 aromatic rings. The summed E-state index contributed by atoms with van der Waals surface area (Å²) in [7, 11) is 1.49. The largest absolute Gasteiger partial charge is 0.375 e. The van der Waals surface area contributed by atoms with Gasteiger partial charge >= 0.3 is 0 Å². The zero-order valence-corrected chi connectivity index (χ0v) is 19.2. The van der Waals surface area contributed by atoms with Gasteiger partial charge in [-0.1, -0.05) is 0 Å².